The minimum atomic E-state index is -3.57. The van der Waals surface area contributed by atoms with Crippen molar-refractivity contribution in [2.24, 2.45) is 11.8 Å². The van der Waals surface area contributed by atoms with Crippen LogP contribution in [0.2, 0.25) is 0 Å². The molecule has 2 atom stereocenters. The highest BCUT2D eigenvalue weighted by Crippen LogP contribution is 2.30. The molecule has 2 aliphatic rings. The highest BCUT2D eigenvalue weighted by molar-refractivity contribution is 7.89. The maximum absolute atomic E-state index is 13.1. The third-order valence-corrected chi connectivity index (χ3v) is 9.71. The fourth-order valence-electron chi connectivity index (χ4n) is 5.18. The Morgan fingerprint density at radius 1 is 1.06 bits per heavy atom. The lowest BCUT2D eigenvalue weighted by Crippen LogP contribution is -2.42. The molecule has 3 heterocycles. The number of hydrogen-bond donors (Lipinski definition) is 1. The topological polar surface area (TPSA) is 82.6 Å². The molecule has 0 spiro atoms. The van der Waals surface area contributed by atoms with Crippen molar-refractivity contribution in [3.8, 4) is 0 Å². The van der Waals surface area contributed by atoms with E-state index in [4.69, 9.17) is 0 Å². The molecule has 0 aliphatic carbocycles. The second-order valence-electron chi connectivity index (χ2n) is 10.1. The fraction of sp³-hybridized carbons (Fsp3) is 0.407. The van der Waals surface area contributed by atoms with Crippen LogP contribution in [0.3, 0.4) is 0 Å². The van der Waals surface area contributed by atoms with E-state index in [1.807, 2.05) is 6.07 Å². The summed E-state index contributed by atoms with van der Waals surface area (Å²) in [5.74, 6) is 0.387. The van der Waals surface area contributed by atoms with Gasteiger partial charge in [0.05, 0.1) is 10.6 Å². The summed E-state index contributed by atoms with van der Waals surface area (Å²) in [5.41, 5.74) is 2.74. The molecule has 2 aliphatic heterocycles. The van der Waals surface area contributed by atoms with Gasteiger partial charge in [0, 0.05) is 49.6 Å². The van der Waals surface area contributed by atoms with Crippen LogP contribution >= 0.6 is 11.3 Å². The lowest BCUT2D eigenvalue weighted by Gasteiger charge is -2.34. The van der Waals surface area contributed by atoms with Gasteiger partial charge in [0.1, 0.15) is 0 Å². The second-order valence-corrected chi connectivity index (χ2v) is 13.1. The van der Waals surface area contributed by atoms with E-state index in [-0.39, 0.29) is 10.8 Å². The van der Waals surface area contributed by atoms with Gasteiger partial charge in [-0.3, -0.25) is 15.0 Å². The van der Waals surface area contributed by atoms with Crippen molar-refractivity contribution in [2.75, 3.05) is 25.0 Å². The standard InChI is InChI=1S/C27H32N4O3S2/c1-19-14-20(2)16-31(15-19)36(33,34)23-10-8-22(9-11-23)26(32)29-27-28-24-12-13-30(18-25(24)35-27)17-21-6-4-3-5-7-21/h3-11,19-20H,12-18H2,1-2H3,(H,28,29,32). The van der Waals surface area contributed by atoms with Crippen molar-refractivity contribution < 1.29 is 13.2 Å². The average Bonchev–Trinajstić information content (AvgIpc) is 3.25. The van der Waals surface area contributed by atoms with Gasteiger partial charge >= 0.3 is 0 Å². The number of piperidine rings is 1. The number of rotatable bonds is 6. The zero-order valence-electron chi connectivity index (χ0n) is 20.7. The Bertz CT molecular complexity index is 1310. The molecule has 1 amide bonds. The Morgan fingerprint density at radius 3 is 2.44 bits per heavy atom. The molecule has 1 aromatic heterocycles. The first kappa shape index (κ1) is 25.1. The van der Waals surface area contributed by atoms with Crippen LogP contribution in [0.15, 0.2) is 59.5 Å². The van der Waals surface area contributed by atoms with Crippen molar-refractivity contribution in [3.63, 3.8) is 0 Å². The molecular formula is C27H32N4O3S2. The monoisotopic (exact) mass is 524 g/mol. The smallest absolute Gasteiger partial charge is 0.257 e. The average molecular weight is 525 g/mol. The summed E-state index contributed by atoms with van der Waals surface area (Å²) in [6.45, 7) is 7.89. The first-order chi connectivity index (χ1) is 17.3. The van der Waals surface area contributed by atoms with Gasteiger partial charge in [0.15, 0.2) is 5.13 Å². The molecule has 9 heteroatoms. The minimum Gasteiger partial charge on any atom is -0.298 e. The quantitative estimate of drug-likeness (QED) is 0.509. The molecule has 2 unspecified atom stereocenters. The molecule has 190 valence electrons. The van der Waals surface area contributed by atoms with E-state index in [0.29, 0.717) is 35.6 Å². The summed E-state index contributed by atoms with van der Waals surface area (Å²) >= 11 is 1.51. The Balaban J connectivity index is 1.22. The van der Waals surface area contributed by atoms with E-state index in [2.05, 4.69) is 53.3 Å². The van der Waals surface area contributed by atoms with E-state index in [9.17, 15) is 13.2 Å². The van der Waals surface area contributed by atoms with E-state index < -0.39 is 10.0 Å². The third kappa shape index (κ3) is 5.54. The number of thiazole rings is 1. The van der Waals surface area contributed by atoms with Crippen molar-refractivity contribution in [2.45, 2.75) is 44.7 Å². The zero-order valence-corrected chi connectivity index (χ0v) is 22.3. The molecular weight excluding hydrogens is 492 g/mol. The lowest BCUT2D eigenvalue weighted by atomic mass is 9.94. The minimum absolute atomic E-state index is 0.226. The third-order valence-electron chi connectivity index (χ3n) is 6.87. The zero-order chi connectivity index (χ0) is 25.3. The van der Waals surface area contributed by atoms with Crippen LogP contribution in [0.4, 0.5) is 5.13 Å². The number of carbonyl (C=O) groups excluding carboxylic acids is 1. The summed E-state index contributed by atoms with van der Waals surface area (Å²) in [6.07, 6.45) is 1.89. The maximum atomic E-state index is 13.1. The lowest BCUT2D eigenvalue weighted by molar-refractivity contribution is 0.102. The largest absolute Gasteiger partial charge is 0.298 e. The van der Waals surface area contributed by atoms with Crippen LogP contribution in [0.1, 0.15) is 46.8 Å². The highest BCUT2D eigenvalue weighted by atomic mass is 32.2. The highest BCUT2D eigenvalue weighted by Gasteiger charge is 2.31. The molecule has 2 aromatic carbocycles. The summed E-state index contributed by atoms with van der Waals surface area (Å²) in [4.78, 5) is 21.3. The molecule has 0 bridgehead atoms. The SMILES string of the molecule is CC1CC(C)CN(S(=O)(=O)c2ccc(C(=O)Nc3nc4c(s3)CN(Cc3ccccc3)CC4)cc2)C1. The number of carbonyl (C=O) groups is 1. The first-order valence-electron chi connectivity index (χ1n) is 12.4. The van der Waals surface area contributed by atoms with E-state index in [0.717, 1.165) is 38.2 Å². The molecule has 1 N–H and O–H groups in total. The maximum Gasteiger partial charge on any atom is 0.257 e. The van der Waals surface area contributed by atoms with Crippen molar-refractivity contribution in [3.05, 3.63) is 76.3 Å². The second kappa shape index (κ2) is 10.4. The van der Waals surface area contributed by atoms with Gasteiger partial charge in [-0.1, -0.05) is 44.2 Å². The van der Waals surface area contributed by atoms with Crippen molar-refractivity contribution in [1.82, 2.24) is 14.2 Å². The van der Waals surface area contributed by atoms with Gasteiger partial charge < -0.3 is 0 Å². The van der Waals surface area contributed by atoms with E-state index in [1.54, 1.807) is 16.4 Å². The summed E-state index contributed by atoms with van der Waals surface area (Å²) in [5, 5.41) is 3.49. The summed E-state index contributed by atoms with van der Waals surface area (Å²) in [6, 6.07) is 16.6. The molecule has 36 heavy (non-hydrogen) atoms. The molecule has 5 rings (SSSR count). The van der Waals surface area contributed by atoms with Crippen LogP contribution in [-0.2, 0) is 29.5 Å². The van der Waals surface area contributed by atoms with Crippen LogP contribution in [-0.4, -0.2) is 48.1 Å². The Kier molecular flexibility index (Phi) is 7.25. The van der Waals surface area contributed by atoms with E-state index >= 15 is 0 Å². The number of sulfonamides is 1. The molecule has 1 saturated heterocycles. The van der Waals surface area contributed by atoms with Gasteiger partial charge in [-0.05, 0) is 48.1 Å². The number of nitrogens with zero attached hydrogens (tertiary/aromatic N) is 3. The van der Waals surface area contributed by atoms with Gasteiger partial charge in [-0.15, -0.1) is 11.3 Å². The summed E-state index contributed by atoms with van der Waals surface area (Å²) < 4.78 is 27.8. The van der Waals surface area contributed by atoms with Crippen LogP contribution in [0.25, 0.3) is 0 Å². The van der Waals surface area contributed by atoms with Crippen LogP contribution < -0.4 is 5.32 Å². The molecule has 3 aromatic rings. The number of nitrogens with one attached hydrogen (secondary N) is 1. The fourth-order valence-corrected chi connectivity index (χ4v) is 7.90. The Hall–Kier alpha value is -2.59. The predicted molar refractivity (Wildman–Crippen MR) is 142 cm³/mol. The number of amides is 1. The van der Waals surface area contributed by atoms with Gasteiger partial charge in [-0.25, -0.2) is 13.4 Å². The number of aromatic nitrogens is 1. The van der Waals surface area contributed by atoms with Crippen LogP contribution in [0, 0.1) is 11.8 Å². The van der Waals surface area contributed by atoms with Gasteiger partial charge in [0.25, 0.3) is 5.91 Å². The Morgan fingerprint density at radius 2 is 1.75 bits per heavy atom. The molecule has 7 nitrogen and oxygen atoms in total. The Labute approximate surface area is 217 Å². The number of hydrogen-bond acceptors (Lipinski definition) is 6. The summed E-state index contributed by atoms with van der Waals surface area (Å²) in [7, 11) is -3.57. The number of fused-ring (bicyclic) bond motifs is 1. The predicted octanol–water partition coefficient (Wildman–Crippen LogP) is 4.62. The van der Waals surface area contributed by atoms with Crippen molar-refractivity contribution >= 4 is 32.4 Å². The van der Waals surface area contributed by atoms with Gasteiger partial charge in [0.2, 0.25) is 10.0 Å². The molecule has 0 saturated carbocycles. The first-order valence-corrected chi connectivity index (χ1v) is 14.7. The molecule has 1 fully saturated rings. The van der Waals surface area contributed by atoms with E-state index in [1.165, 1.54) is 33.9 Å². The molecule has 0 radical (unpaired) electrons. The number of anilines is 1. The van der Waals surface area contributed by atoms with Crippen LogP contribution in [0.5, 0.6) is 0 Å². The number of benzene rings is 2. The van der Waals surface area contributed by atoms with Crippen molar-refractivity contribution in [1.29, 1.82) is 0 Å². The van der Waals surface area contributed by atoms with Gasteiger partial charge in [-0.2, -0.15) is 4.31 Å². The normalized spacial score (nSPS) is 21.2.